The van der Waals surface area contributed by atoms with Crippen molar-refractivity contribution in [1.29, 1.82) is 0 Å². The molecule has 2 bridgehead atoms. The number of hydrogen-bond acceptors (Lipinski definition) is 5. The van der Waals surface area contributed by atoms with Gasteiger partial charge >= 0.3 is 0 Å². The fourth-order valence-corrected chi connectivity index (χ4v) is 6.24. The Labute approximate surface area is 196 Å². The van der Waals surface area contributed by atoms with Crippen molar-refractivity contribution >= 4 is 23.2 Å². The number of fused-ring (bicyclic) bond motifs is 1. The summed E-state index contributed by atoms with van der Waals surface area (Å²) in [6.45, 7) is 13.9. The number of hydrogen-bond donors (Lipinski definition) is 1. The van der Waals surface area contributed by atoms with Gasteiger partial charge in [-0.05, 0) is 36.2 Å². The van der Waals surface area contributed by atoms with Gasteiger partial charge in [0.05, 0.1) is 31.0 Å². The first kappa shape index (κ1) is 23.5. The number of carbonyl (C=O) groups excluding carboxylic acids is 2. The second-order valence-corrected chi connectivity index (χ2v) is 11.4. The summed E-state index contributed by atoms with van der Waals surface area (Å²) in [5.41, 5.74) is -0.633. The van der Waals surface area contributed by atoms with Gasteiger partial charge in [0.25, 0.3) is 0 Å². The molecular formula is C25H37N3O3S. The molecule has 2 amide bonds. The molecule has 1 N–H and O–H groups in total. The van der Waals surface area contributed by atoms with Crippen LogP contribution in [0.15, 0.2) is 29.7 Å². The molecule has 2 saturated heterocycles. The number of nitrogens with one attached hydrogen (secondary N) is 1. The fourth-order valence-electron chi connectivity index (χ4n) is 5.52. The lowest BCUT2D eigenvalue weighted by Gasteiger charge is -2.26. The summed E-state index contributed by atoms with van der Waals surface area (Å²) >= 11 is 1.65. The minimum atomic E-state index is -0.633. The molecule has 3 aliphatic heterocycles. The van der Waals surface area contributed by atoms with E-state index < -0.39 is 17.4 Å². The highest BCUT2D eigenvalue weighted by Gasteiger charge is 2.66. The van der Waals surface area contributed by atoms with E-state index >= 15 is 0 Å². The van der Waals surface area contributed by atoms with Gasteiger partial charge in [-0.2, -0.15) is 0 Å². The first-order valence-corrected chi connectivity index (χ1v) is 12.9. The summed E-state index contributed by atoms with van der Waals surface area (Å²) in [5, 5.41) is 5.14. The van der Waals surface area contributed by atoms with Crippen molar-refractivity contribution in [2.75, 3.05) is 32.7 Å². The van der Waals surface area contributed by atoms with Crippen molar-refractivity contribution in [3.8, 4) is 0 Å². The molecule has 4 atom stereocenters. The van der Waals surface area contributed by atoms with Crippen LogP contribution in [0.4, 0.5) is 0 Å². The van der Waals surface area contributed by atoms with Crippen LogP contribution < -0.4 is 5.32 Å². The summed E-state index contributed by atoms with van der Waals surface area (Å²) in [5.74, 6) is 0.424. The van der Waals surface area contributed by atoms with Crippen molar-refractivity contribution in [3.05, 3.63) is 34.5 Å². The van der Waals surface area contributed by atoms with E-state index in [2.05, 4.69) is 37.9 Å². The molecule has 3 aliphatic rings. The maximum atomic E-state index is 13.3. The van der Waals surface area contributed by atoms with Crippen LogP contribution in [0.5, 0.6) is 0 Å². The zero-order valence-electron chi connectivity index (χ0n) is 19.8. The average molecular weight is 460 g/mol. The Morgan fingerprint density at radius 2 is 2.06 bits per heavy atom. The Morgan fingerprint density at radius 3 is 2.72 bits per heavy atom. The predicted octanol–water partition coefficient (Wildman–Crippen LogP) is 3.15. The Bertz CT molecular complexity index is 827. The van der Waals surface area contributed by atoms with E-state index in [4.69, 9.17) is 4.74 Å². The van der Waals surface area contributed by atoms with Crippen molar-refractivity contribution in [1.82, 2.24) is 15.1 Å². The highest BCUT2D eigenvalue weighted by molar-refractivity contribution is 7.09. The Hall–Kier alpha value is -1.70. The number of ether oxygens (including phenoxy) is 1. The molecule has 6 nitrogen and oxygen atoms in total. The van der Waals surface area contributed by atoms with Gasteiger partial charge in [0.15, 0.2) is 0 Å². The van der Waals surface area contributed by atoms with Crippen LogP contribution in [0, 0.1) is 23.7 Å². The van der Waals surface area contributed by atoms with Crippen LogP contribution >= 0.6 is 11.3 Å². The number of nitrogens with zero attached hydrogens (tertiary/aromatic N) is 2. The van der Waals surface area contributed by atoms with Gasteiger partial charge < -0.3 is 19.9 Å². The highest BCUT2D eigenvalue weighted by atomic mass is 32.1. The maximum absolute atomic E-state index is 13.3. The topological polar surface area (TPSA) is 61.9 Å². The van der Waals surface area contributed by atoms with Crippen LogP contribution in [0.3, 0.4) is 0 Å². The average Bonchev–Trinajstić information content (AvgIpc) is 3.47. The number of thiophene rings is 1. The third kappa shape index (κ3) is 4.80. The molecule has 0 aliphatic carbocycles. The molecule has 7 heteroatoms. The smallest absolute Gasteiger partial charge is 0.230 e. The van der Waals surface area contributed by atoms with Crippen LogP contribution in [0.1, 0.15) is 39.0 Å². The van der Waals surface area contributed by atoms with E-state index in [0.717, 1.165) is 30.9 Å². The SMILES string of the molecule is CC(C)CN(CCCNC(=O)C1[C@@H]2C=CC3(CN(Cc4cccs4)C(=O)[C@H]13)O2)CC(C)C. The minimum Gasteiger partial charge on any atom is -0.360 e. The molecule has 4 rings (SSSR count). The van der Waals surface area contributed by atoms with Gasteiger partial charge in [0, 0.05) is 24.5 Å². The second kappa shape index (κ2) is 9.65. The molecule has 1 spiro atoms. The van der Waals surface area contributed by atoms with Gasteiger partial charge in [-0.3, -0.25) is 9.59 Å². The van der Waals surface area contributed by atoms with Crippen LogP contribution in [0.2, 0.25) is 0 Å². The molecule has 0 saturated carbocycles. The third-order valence-electron chi connectivity index (χ3n) is 6.61. The van der Waals surface area contributed by atoms with Gasteiger partial charge in [0.1, 0.15) is 5.60 Å². The van der Waals surface area contributed by atoms with E-state index in [0.29, 0.717) is 31.5 Å². The van der Waals surface area contributed by atoms with E-state index in [-0.39, 0.29) is 17.9 Å². The van der Waals surface area contributed by atoms with Crippen LogP contribution in [0.25, 0.3) is 0 Å². The number of rotatable bonds is 11. The van der Waals surface area contributed by atoms with E-state index in [9.17, 15) is 9.59 Å². The number of likely N-dealkylation sites (tertiary alicyclic amines) is 1. The fraction of sp³-hybridized carbons (Fsp3) is 0.680. The summed E-state index contributed by atoms with van der Waals surface area (Å²) in [6.07, 6.45) is 4.63. The lowest BCUT2D eigenvalue weighted by atomic mass is 9.77. The van der Waals surface area contributed by atoms with Crippen molar-refractivity contribution in [2.45, 2.75) is 52.4 Å². The molecule has 32 heavy (non-hydrogen) atoms. The normalized spacial score (nSPS) is 28.5. The lowest BCUT2D eigenvalue weighted by Crippen LogP contribution is -2.44. The van der Waals surface area contributed by atoms with E-state index in [1.165, 1.54) is 0 Å². The first-order chi connectivity index (χ1) is 15.3. The quantitative estimate of drug-likeness (QED) is 0.408. The lowest BCUT2D eigenvalue weighted by molar-refractivity contribution is -0.137. The molecule has 1 aromatic heterocycles. The summed E-state index contributed by atoms with van der Waals surface area (Å²) in [4.78, 5) is 31.9. The minimum absolute atomic E-state index is 0.0446. The second-order valence-electron chi connectivity index (χ2n) is 10.4. The Balaban J connectivity index is 1.32. The van der Waals surface area contributed by atoms with E-state index in [1.54, 1.807) is 11.3 Å². The molecule has 4 heterocycles. The number of carbonyl (C=O) groups is 2. The molecule has 176 valence electrons. The number of amides is 2. The summed E-state index contributed by atoms with van der Waals surface area (Å²) in [6, 6.07) is 4.05. The predicted molar refractivity (Wildman–Crippen MR) is 127 cm³/mol. The highest BCUT2D eigenvalue weighted by Crippen LogP contribution is 2.52. The van der Waals surface area contributed by atoms with Crippen LogP contribution in [-0.4, -0.2) is 66.0 Å². The molecule has 2 fully saturated rings. The largest absolute Gasteiger partial charge is 0.360 e. The van der Waals surface area contributed by atoms with Crippen LogP contribution in [-0.2, 0) is 20.9 Å². The Kier molecular flexibility index (Phi) is 7.08. The van der Waals surface area contributed by atoms with E-state index in [1.807, 2.05) is 34.6 Å². The van der Waals surface area contributed by atoms with Gasteiger partial charge in [0.2, 0.25) is 11.8 Å². The molecule has 1 aromatic rings. The molecule has 2 unspecified atom stereocenters. The molecule has 0 radical (unpaired) electrons. The summed E-state index contributed by atoms with van der Waals surface area (Å²) < 4.78 is 6.23. The maximum Gasteiger partial charge on any atom is 0.230 e. The zero-order chi connectivity index (χ0) is 22.9. The summed E-state index contributed by atoms with van der Waals surface area (Å²) in [7, 11) is 0. The Morgan fingerprint density at radius 1 is 1.31 bits per heavy atom. The van der Waals surface area contributed by atoms with Gasteiger partial charge in [-0.1, -0.05) is 45.9 Å². The molecule has 0 aromatic carbocycles. The standard InChI is InChI=1S/C25H37N3O3S/c1-17(2)13-27(14-18(3)4)11-6-10-26-23(29)21-20-8-9-25(31-20)16-28(24(30)22(21)25)15-19-7-5-12-32-19/h5,7-9,12,17-18,20-22H,6,10-11,13-16H2,1-4H3,(H,26,29)/t20-,21?,22-,25?/m0/s1. The van der Waals surface area contributed by atoms with Crippen molar-refractivity contribution < 1.29 is 14.3 Å². The third-order valence-corrected chi connectivity index (χ3v) is 7.47. The molecular weight excluding hydrogens is 422 g/mol. The van der Waals surface area contributed by atoms with Crippen molar-refractivity contribution in [3.63, 3.8) is 0 Å². The van der Waals surface area contributed by atoms with Crippen molar-refractivity contribution in [2.24, 2.45) is 23.7 Å². The van der Waals surface area contributed by atoms with Gasteiger partial charge in [-0.25, -0.2) is 0 Å². The monoisotopic (exact) mass is 459 g/mol. The zero-order valence-corrected chi connectivity index (χ0v) is 20.6. The first-order valence-electron chi connectivity index (χ1n) is 12.0. The van der Waals surface area contributed by atoms with Gasteiger partial charge in [-0.15, -0.1) is 11.3 Å².